The van der Waals surface area contributed by atoms with Crippen LogP contribution in [0.2, 0.25) is 0 Å². The lowest BCUT2D eigenvalue weighted by Crippen LogP contribution is -2.00. The number of hydrogen-bond donors (Lipinski definition) is 0. The van der Waals surface area contributed by atoms with Crippen molar-refractivity contribution in [3.8, 4) is 17.3 Å². The Morgan fingerprint density at radius 3 is 2.39 bits per heavy atom. The molecule has 6 heteroatoms. The molecule has 4 rings (SSSR count). The fraction of sp³-hybridized carbons (Fsp3) is 0.176. The molecule has 4 aromatic rings. The number of methoxy groups -OCH3 is 1. The normalized spacial score (nSPS) is 11.3. The molecule has 0 atom stereocenters. The number of rotatable bonds is 2. The highest BCUT2D eigenvalue weighted by molar-refractivity contribution is 5.81. The lowest BCUT2D eigenvalue weighted by Gasteiger charge is -2.08. The summed E-state index contributed by atoms with van der Waals surface area (Å²) in [5.41, 5.74) is 5.36. The maximum Gasteiger partial charge on any atom is 0.215 e. The lowest BCUT2D eigenvalue weighted by atomic mass is 10.2. The molecule has 0 amide bonds. The van der Waals surface area contributed by atoms with Crippen molar-refractivity contribution in [2.45, 2.75) is 13.8 Å². The van der Waals surface area contributed by atoms with E-state index < -0.39 is 0 Å². The zero-order valence-electron chi connectivity index (χ0n) is 13.1. The summed E-state index contributed by atoms with van der Waals surface area (Å²) in [4.78, 5) is 18.1. The summed E-state index contributed by atoms with van der Waals surface area (Å²) in [5, 5.41) is 0. The number of imidazole rings is 1. The Kier molecular flexibility index (Phi) is 2.97. The van der Waals surface area contributed by atoms with Gasteiger partial charge in [0.05, 0.1) is 24.0 Å². The van der Waals surface area contributed by atoms with Gasteiger partial charge in [-0.2, -0.15) is 4.98 Å². The average Bonchev–Trinajstić information content (AvgIpc) is 2.94. The van der Waals surface area contributed by atoms with Crippen molar-refractivity contribution in [3.05, 3.63) is 48.0 Å². The van der Waals surface area contributed by atoms with Gasteiger partial charge in [-0.25, -0.2) is 9.97 Å². The van der Waals surface area contributed by atoms with Gasteiger partial charge in [-0.15, -0.1) is 0 Å². The van der Waals surface area contributed by atoms with E-state index in [-0.39, 0.29) is 0 Å². The van der Waals surface area contributed by atoms with Crippen LogP contribution in [-0.4, -0.2) is 31.4 Å². The fourth-order valence-electron chi connectivity index (χ4n) is 2.88. The highest BCUT2D eigenvalue weighted by Gasteiger charge is 2.17. The molecule has 0 saturated heterocycles. The van der Waals surface area contributed by atoms with E-state index in [0.29, 0.717) is 5.88 Å². The molecule has 0 bridgehead atoms. The molecule has 4 aromatic heterocycles. The summed E-state index contributed by atoms with van der Waals surface area (Å²) in [6, 6.07) is 7.61. The molecule has 0 aliphatic heterocycles. The third kappa shape index (κ3) is 2.03. The van der Waals surface area contributed by atoms with Gasteiger partial charge in [-0.05, 0) is 32.0 Å². The summed E-state index contributed by atoms with van der Waals surface area (Å²) in [6.45, 7) is 3.98. The van der Waals surface area contributed by atoms with Crippen LogP contribution in [0.4, 0.5) is 0 Å². The third-order valence-electron chi connectivity index (χ3n) is 3.87. The van der Waals surface area contributed by atoms with Crippen LogP contribution in [0.25, 0.3) is 28.1 Å². The van der Waals surface area contributed by atoms with Gasteiger partial charge < -0.3 is 4.74 Å². The highest BCUT2D eigenvalue weighted by Crippen LogP contribution is 2.28. The topological polar surface area (TPSA) is 65.2 Å². The second-order valence-electron chi connectivity index (χ2n) is 5.33. The first-order valence-corrected chi connectivity index (χ1v) is 7.30. The van der Waals surface area contributed by atoms with Gasteiger partial charge >= 0.3 is 0 Å². The molecule has 23 heavy (non-hydrogen) atoms. The maximum atomic E-state index is 5.27. The highest BCUT2D eigenvalue weighted by atomic mass is 16.5. The molecule has 4 heterocycles. The molecular weight excluding hydrogens is 290 g/mol. The van der Waals surface area contributed by atoms with E-state index in [1.54, 1.807) is 19.5 Å². The molecule has 0 fully saturated rings. The van der Waals surface area contributed by atoms with E-state index in [0.717, 1.165) is 39.5 Å². The quantitative estimate of drug-likeness (QED) is 0.569. The second-order valence-corrected chi connectivity index (χ2v) is 5.33. The van der Waals surface area contributed by atoms with Crippen molar-refractivity contribution in [1.82, 2.24) is 24.3 Å². The van der Waals surface area contributed by atoms with E-state index >= 15 is 0 Å². The van der Waals surface area contributed by atoms with Crippen molar-refractivity contribution < 1.29 is 4.74 Å². The van der Waals surface area contributed by atoms with Crippen molar-refractivity contribution in [1.29, 1.82) is 0 Å². The van der Waals surface area contributed by atoms with E-state index in [9.17, 15) is 0 Å². The summed E-state index contributed by atoms with van der Waals surface area (Å²) in [7, 11) is 1.61. The van der Waals surface area contributed by atoms with Gasteiger partial charge in [0.1, 0.15) is 11.3 Å². The molecule has 0 N–H and O–H groups in total. The molecule has 0 aliphatic rings. The van der Waals surface area contributed by atoms with Crippen molar-refractivity contribution in [3.63, 3.8) is 0 Å². The van der Waals surface area contributed by atoms with Crippen molar-refractivity contribution >= 4 is 16.7 Å². The second kappa shape index (κ2) is 5.01. The summed E-state index contributed by atoms with van der Waals surface area (Å²) < 4.78 is 7.32. The summed E-state index contributed by atoms with van der Waals surface area (Å²) >= 11 is 0. The van der Waals surface area contributed by atoms with E-state index in [1.807, 2.05) is 42.5 Å². The number of hydrogen-bond acceptors (Lipinski definition) is 5. The van der Waals surface area contributed by atoms with Crippen LogP contribution in [0.3, 0.4) is 0 Å². The molecule has 0 aliphatic carbocycles. The van der Waals surface area contributed by atoms with Crippen LogP contribution in [-0.2, 0) is 0 Å². The van der Waals surface area contributed by atoms with Gasteiger partial charge in [-0.3, -0.25) is 9.38 Å². The standard InChI is InChI=1S/C17H15N5O/c1-10-15-11(2)20-16(12-6-8-18-9-7-12)22(15)17-13(19-10)4-5-14(21-17)23-3/h4-9H,1-3H3. The fourth-order valence-corrected chi connectivity index (χ4v) is 2.88. The summed E-state index contributed by atoms with van der Waals surface area (Å²) in [6.07, 6.45) is 3.52. The van der Waals surface area contributed by atoms with Gasteiger partial charge in [0, 0.05) is 24.0 Å². The third-order valence-corrected chi connectivity index (χ3v) is 3.87. The Morgan fingerprint density at radius 1 is 0.913 bits per heavy atom. The Balaban J connectivity index is 2.20. The van der Waals surface area contributed by atoms with Crippen LogP contribution in [0.15, 0.2) is 36.7 Å². The van der Waals surface area contributed by atoms with Gasteiger partial charge in [0.25, 0.3) is 0 Å². The first-order chi connectivity index (χ1) is 11.2. The molecular formula is C17H15N5O. The minimum absolute atomic E-state index is 0.552. The molecule has 0 spiro atoms. The molecule has 6 nitrogen and oxygen atoms in total. The molecule has 0 aromatic carbocycles. The van der Waals surface area contributed by atoms with E-state index in [4.69, 9.17) is 9.72 Å². The maximum absolute atomic E-state index is 5.27. The largest absolute Gasteiger partial charge is 0.481 e. The van der Waals surface area contributed by atoms with Crippen LogP contribution in [0.1, 0.15) is 11.4 Å². The zero-order valence-corrected chi connectivity index (χ0v) is 13.1. The van der Waals surface area contributed by atoms with Crippen LogP contribution in [0.5, 0.6) is 5.88 Å². The van der Waals surface area contributed by atoms with Crippen LogP contribution in [0, 0.1) is 13.8 Å². The minimum Gasteiger partial charge on any atom is -0.481 e. The zero-order chi connectivity index (χ0) is 16.0. The summed E-state index contributed by atoms with van der Waals surface area (Å²) in [5.74, 6) is 1.38. The van der Waals surface area contributed by atoms with Gasteiger partial charge in [-0.1, -0.05) is 0 Å². The Hall–Kier alpha value is -3.02. The van der Waals surface area contributed by atoms with E-state index in [1.165, 1.54) is 0 Å². The number of ether oxygens (including phenoxy) is 1. The van der Waals surface area contributed by atoms with Crippen molar-refractivity contribution in [2.75, 3.05) is 7.11 Å². The number of aromatic nitrogens is 5. The lowest BCUT2D eigenvalue weighted by molar-refractivity contribution is 0.399. The predicted octanol–water partition coefficient (Wildman–Crippen LogP) is 2.96. The van der Waals surface area contributed by atoms with Crippen molar-refractivity contribution in [2.24, 2.45) is 0 Å². The smallest absolute Gasteiger partial charge is 0.215 e. The molecule has 0 saturated carbocycles. The number of aryl methyl sites for hydroxylation is 2. The average molecular weight is 305 g/mol. The van der Waals surface area contributed by atoms with E-state index in [2.05, 4.69) is 15.0 Å². The Morgan fingerprint density at radius 2 is 1.65 bits per heavy atom. The molecule has 0 radical (unpaired) electrons. The Bertz CT molecular complexity index is 1020. The first-order valence-electron chi connectivity index (χ1n) is 7.30. The monoisotopic (exact) mass is 305 g/mol. The van der Waals surface area contributed by atoms with Crippen LogP contribution >= 0.6 is 0 Å². The van der Waals surface area contributed by atoms with Gasteiger partial charge in [0.15, 0.2) is 5.65 Å². The number of fused-ring (bicyclic) bond motifs is 3. The Labute approximate surface area is 132 Å². The molecule has 0 unspecified atom stereocenters. The first kappa shape index (κ1) is 13.6. The molecule has 114 valence electrons. The van der Waals surface area contributed by atoms with Gasteiger partial charge in [0.2, 0.25) is 5.88 Å². The minimum atomic E-state index is 0.552. The number of pyridine rings is 2. The number of nitrogens with zero attached hydrogens (tertiary/aromatic N) is 5. The van der Waals surface area contributed by atoms with Crippen LogP contribution < -0.4 is 4.74 Å². The SMILES string of the molecule is COc1ccc2nc(C)c3c(C)nc(-c4ccncc4)n3c2n1. The predicted molar refractivity (Wildman–Crippen MR) is 87.5 cm³/mol.